The SMILES string of the molecule is Cc1cc(N)ccc1NC(=O)C(C)OCCCC(F)(F)F. The average molecular weight is 304 g/mol. The number of anilines is 2. The van der Waals surface area contributed by atoms with Crippen LogP contribution in [-0.2, 0) is 9.53 Å². The van der Waals surface area contributed by atoms with E-state index in [4.69, 9.17) is 10.5 Å². The molecule has 1 aromatic carbocycles. The summed E-state index contributed by atoms with van der Waals surface area (Å²) < 4.78 is 41.0. The van der Waals surface area contributed by atoms with E-state index < -0.39 is 24.6 Å². The molecule has 0 heterocycles. The number of nitrogen functional groups attached to an aromatic ring is 1. The first kappa shape index (κ1) is 17.3. The lowest BCUT2D eigenvalue weighted by molar-refractivity contribution is -0.140. The predicted octanol–water partition coefficient (Wildman–Crippen LogP) is 3.26. The number of carbonyl (C=O) groups excluding carboxylic acids is 1. The van der Waals surface area contributed by atoms with Crippen molar-refractivity contribution < 1.29 is 22.7 Å². The Labute approximate surface area is 121 Å². The van der Waals surface area contributed by atoms with E-state index >= 15 is 0 Å². The molecule has 0 fully saturated rings. The third-order valence-corrected chi connectivity index (χ3v) is 2.85. The molecule has 0 saturated carbocycles. The average Bonchev–Trinajstić information content (AvgIpc) is 2.36. The van der Waals surface area contributed by atoms with Crippen molar-refractivity contribution >= 4 is 17.3 Å². The number of benzene rings is 1. The number of aryl methyl sites for hydroxylation is 1. The van der Waals surface area contributed by atoms with E-state index in [-0.39, 0.29) is 13.0 Å². The molecule has 1 atom stereocenters. The second kappa shape index (κ2) is 7.31. The lowest BCUT2D eigenvalue weighted by atomic mass is 10.1. The van der Waals surface area contributed by atoms with Crippen LogP contribution in [0.15, 0.2) is 18.2 Å². The number of nitrogens with one attached hydrogen (secondary N) is 1. The minimum Gasteiger partial charge on any atom is -0.399 e. The summed E-state index contributed by atoms with van der Waals surface area (Å²) in [5, 5.41) is 2.65. The highest BCUT2D eigenvalue weighted by atomic mass is 19.4. The molecule has 4 nitrogen and oxygen atoms in total. The number of hydrogen-bond acceptors (Lipinski definition) is 3. The van der Waals surface area contributed by atoms with Crippen LogP contribution in [0.1, 0.15) is 25.3 Å². The lowest BCUT2D eigenvalue weighted by Crippen LogP contribution is -2.28. The van der Waals surface area contributed by atoms with Crippen LogP contribution in [0.3, 0.4) is 0 Å². The maximum atomic E-state index is 12.0. The van der Waals surface area contributed by atoms with E-state index in [9.17, 15) is 18.0 Å². The van der Waals surface area contributed by atoms with Crippen molar-refractivity contribution in [1.29, 1.82) is 0 Å². The first-order valence-corrected chi connectivity index (χ1v) is 6.54. The van der Waals surface area contributed by atoms with Crippen molar-refractivity contribution in [3.63, 3.8) is 0 Å². The summed E-state index contributed by atoms with van der Waals surface area (Å²) in [6.45, 7) is 3.17. The predicted molar refractivity (Wildman–Crippen MR) is 74.9 cm³/mol. The second-order valence-electron chi connectivity index (χ2n) is 4.80. The van der Waals surface area contributed by atoms with Gasteiger partial charge < -0.3 is 15.8 Å². The molecule has 0 aliphatic carbocycles. The first-order chi connectivity index (χ1) is 9.69. The monoisotopic (exact) mass is 304 g/mol. The lowest BCUT2D eigenvalue weighted by Gasteiger charge is -2.15. The van der Waals surface area contributed by atoms with E-state index in [0.717, 1.165) is 5.56 Å². The van der Waals surface area contributed by atoms with Gasteiger partial charge in [0.1, 0.15) is 6.10 Å². The topological polar surface area (TPSA) is 64.3 Å². The zero-order valence-electron chi connectivity index (χ0n) is 12.0. The highest BCUT2D eigenvalue weighted by Gasteiger charge is 2.26. The smallest absolute Gasteiger partial charge is 0.389 e. The zero-order chi connectivity index (χ0) is 16.0. The van der Waals surface area contributed by atoms with Gasteiger partial charge in [-0.05, 0) is 44.0 Å². The zero-order valence-corrected chi connectivity index (χ0v) is 12.0. The van der Waals surface area contributed by atoms with Crippen LogP contribution in [-0.4, -0.2) is 24.8 Å². The number of alkyl halides is 3. The number of halogens is 3. The molecule has 1 unspecified atom stereocenters. The molecule has 0 aromatic heterocycles. The molecule has 0 radical (unpaired) electrons. The van der Waals surface area contributed by atoms with Crippen molar-refractivity contribution in [2.24, 2.45) is 0 Å². The van der Waals surface area contributed by atoms with Crippen molar-refractivity contribution in [2.75, 3.05) is 17.7 Å². The summed E-state index contributed by atoms with van der Waals surface area (Å²) in [6.07, 6.45) is -6.11. The summed E-state index contributed by atoms with van der Waals surface area (Å²) in [5.41, 5.74) is 7.59. The molecule has 21 heavy (non-hydrogen) atoms. The summed E-state index contributed by atoms with van der Waals surface area (Å²) in [5.74, 6) is -0.408. The fraction of sp³-hybridized carbons (Fsp3) is 0.500. The Hall–Kier alpha value is -1.76. The van der Waals surface area contributed by atoms with Gasteiger partial charge >= 0.3 is 6.18 Å². The molecular formula is C14H19F3N2O2. The number of amides is 1. The molecule has 0 aliphatic rings. The fourth-order valence-electron chi connectivity index (χ4n) is 1.67. The number of hydrogen-bond donors (Lipinski definition) is 2. The molecule has 0 aliphatic heterocycles. The summed E-state index contributed by atoms with van der Waals surface area (Å²) in [6, 6.07) is 5.03. The third-order valence-electron chi connectivity index (χ3n) is 2.85. The number of carbonyl (C=O) groups is 1. The Bertz CT molecular complexity index is 490. The molecule has 3 N–H and O–H groups in total. The maximum Gasteiger partial charge on any atom is 0.389 e. The van der Waals surface area contributed by atoms with Crippen LogP contribution in [0, 0.1) is 6.92 Å². The Morgan fingerprint density at radius 2 is 2.10 bits per heavy atom. The number of nitrogens with two attached hydrogens (primary N) is 1. The van der Waals surface area contributed by atoms with Crippen LogP contribution < -0.4 is 11.1 Å². The van der Waals surface area contributed by atoms with Gasteiger partial charge in [-0.1, -0.05) is 0 Å². The Morgan fingerprint density at radius 1 is 1.43 bits per heavy atom. The second-order valence-corrected chi connectivity index (χ2v) is 4.80. The Morgan fingerprint density at radius 3 is 2.67 bits per heavy atom. The standard InChI is InChI=1S/C14H19F3N2O2/c1-9-8-11(18)4-5-12(9)19-13(20)10(2)21-7-3-6-14(15,16)17/h4-5,8,10H,3,6-7,18H2,1-2H3,(H,19,20). The largest absolute Gasteiger partial charge is 0.399 e. The quantitative estimate of drug-likeness (QED) is 0.626. The fourth-order valence-corrected chi connectivity index (χ4v) is 1.67. The van der Waals surface area contributed by atoms with Crippen molar-refractivity contribution in [1.82, 2.24) is 0 Å². The first-order valence-electron chi connectivity index (χ1n) is 6.54. The molecule has 1 aromatic rings. The van der Waals surface area contributed by atoms with E-state index in [1.165, 1.54) is 6.92 Å². The molecular weight excluding hydrogens is 285 g/mol. The van der Waals surface area contributed by atoms with E-state index in [1.807, 2.05) is 0 Å². The van der Waals surface area contributed by atoms with Crippen LogP contribution >= 0.6 is 0 Å². The molecule has 7 heteroatoms. The minimum absolute atomic E-state index is 0.116. The summed E-state index contributed by atoms with van der Waals surface area (Å²) in [7, 11) is 0. The highest BCUT2D eigenvalue weighted by Crippen LogP contribution is 2.21. The van der Waals surface area contributed by atoms with Gasteiger partial charge in [-0.25, -0.2) is 0 Å². The van der Waals surface area contributed by atoms with E-state index in [1.54, 1.807) is 25.1 Å². The van der Waals surface area contributed by atoms with E-state index in [2.05, 4.69) is 5.32 Å². The number of rotatable bonds is 6. The summed E-state index contributed by atoms with van der Waals surface area (Å²) in [4.78, 5) is 11.9. The molecule has 118 valence electrons. The normalized spacial score (nSPS) is 13.0. The van der Waals surface area contributed by atoms with Gasteiger partial charge in [0.15, 0.2) is 0 Å². The van der Waals surface area contributed by atoms with Crippen LogP contribution in [0.25, 0.3) is 0 Å². The third kappa shape index (κ3) is 6.48. The Balaban J connectivity index is 2.41. The molecule has 1 amide bonds. The van der Waals surface area contributed by atoms with Crippen molar-refractivity contribution in [3.8, 4) is 0 Å². The maximum absolute atomic E-state index is 12.0. The molecule has 0 bridgehead atoms. The minimum atomic E-state index is -4.20. The van der Waals surface area contributed by atoms with E-state index in [0.29, 0.717) is 11.4 Å². The van der Waals surface area contributed by atoms with Gasteiger partial charge in [0, 0.05) is 24.4 Å². The molecule has 0 spiro atoms. The molecule has 1 rings (SSSR count). The van der Waals surface area contributed by atoms with Gasteiger partial charge in [0.05, 0.1) is 0 Å². The van der Waals surface area contributed by atoms with Crippen molar-refractivity contribution in [2.45, 2.75) is 39.0 Å². The highest BCUT2D eigenvalue weighted by molar-refractivity contribution is 5.94. The van der Waals surface area contributed by atoms with Crippen LogP contribution in [0.2, 0.25) is 0 Å². The van der Waals surface area contributed by atoms with Gasteiger partial charge in [0.25, 0.3) is 5.91 Å². The number of ether oxygens (including phenoxy) is 1. The molecule has 0 saturated heterocycles. The van der Waals surface area contributed by atoms with Gasteiger partial charge in [-0.15, -0.1) is 0 Å². The summed E-state index contributed by atoms with van der Waals surface area (Å²) >= 11 is 0. The van der Waals surface area contributed by atoms with Gasteiger partial charge in [-0.2, -0.15) is 13.2 Å². The van der Waals surface area contributed by atoms with Crippen LogP contribution in [0.5, 0.6) is 0 Å². The van der Waals surface area contributed by atoms with Crippen molar-refractivity contribution in [3.05, 3.63) is 23.8 Å². The van der Waals surface area contributed by atoms with Gasteiger partial charge in [0.2, 0.25) is 0 Å². The van der Waals surface area contributed by atoms with Crippen LogP contribution in [0.4, 0.5) is 24.5 Å². The van der Waals surface area contributed by atoms with Gasteiger partial charge in [-0.3, -0.25) is 4.79 Å². The Kier molecular flexibility index (Phi) is 6.02.